The molecule has 0 aromatic heterocycles. The zero-order valence-corrected chi connectivity index (χ0v) is 18.4. The molecule has 0 atom stereocenters. The maximum Gasteiger partial charge on any atom is 0.410 e. The molecule has 2 aromatic carbocycles. The van der Waals surface area contributed by atoms with Gasteiger partial charge in [0.1, 0.15) is 18.0 Å². The molecule has 160 valence electrons. The van der Waals surface area contributed by atoms with E-state index >= 15 is 0 Å². The number of likely N-dealkylation sites (tertiary alicyclic amines) is 1. The van der Waals surface area contributed by atoms with Crippen LogP contribution in [0.1, 0.15) is 63.5 Å². The molecule has 1 aliphatic carbocycles. The minimum atomic E-state index is -0.426. The summed E-state index contributed by atoms with van der Waals surface area (Å²) in [6.45, 7) is 7.99. The molecule has 0 bridgehead atoms. The van der Waals surface area contributed by atoms with Crippen molar-refractivity contribution < 1.29 is 14.3 Å². The molecule has 30 heavy (non-hydrogen) atoms. The van der Waals surface area contributed by atoms with Gasteiger partial charge in [-0.1, -0.05) is 42.5 Å². The Morgan fingerprint density at radius 2 is 1.63 bits per heavy atom. The standard InChI is InChI=1S/C26H33NO3/c1-25(2,3)30-24(28)27-15-13-26(14-16-27)17-22(18-26)21-9-11-23(12-10-21)29-19-20-7-5-4-6-8-20/h4-12,22H,13-19H2,1-3H3. The summed E-state index contributed by atoms with van der Waals surface area (Å²) in [6.07, 6.45) is 4.44. The molecular formula is C26H33NO3. The highest BCUT2D eigenvalue weighted by atomic mass is 16.6. The Hall–Kier alpha value is -2.49. The van der Waals surface area contributed by atoms with Crippen molar-refractivity contribution in [2.75, 3.05) is 13.1 Å². The third kappa shape index (κ3) is 4.97. The fourth-order valence-corrected chi connectivity index (χ4v) is 4.70. The Morgan fingerprint density at radius 1 is 1.00 bits per heavy atom. The van der Waals surface area contributed by atoms with Gasteiger partial charge in [-0.25, -0.2) is 4.79 Å². The van der Waals surface area contributed by atoms with Crippen molar-refractivity contribution in [1.29, 1.82) is 0 Å². The van der Waals surface area contributed by atoms with Gasteiger partial charge in [0.2, 0.25) is 0 Å². The Balaban J connectivity index is 1.24. The van der Waals surface area contributed by atoms with E-state index in [2.05, 4.69) is 36.4 Å². The van der Waals surface area contributed by atoms with E-state index in [4.69, 9.17) is 9.47 Å². The minimum Gasteiger partial charge on any atom is -0.489 e. The van der Waals surface area contributed by atoms with E-state index in [0.717, 1.165) is 31.7 Å². The predicted molar refractivity (Wildman–Crippen MR) is 119 cm³/mol. The summed E-state index contributed by atoms with van der Waals surface area (Å²) in [5.41, 5.74) is 2.57. The molecule has 2 aliphatic rings. The van der Waals surface area contributed by atoms with Crippen LogP contribution in [0.2, 0.25) is 0 Å². The average molecular weight is 408 g/mol. The normalized spacial score (nSPS) is 18.7. The lowest BCUT2D eigenvalue weighted by Gasteiger charge is -2.52. The molecule has 1 amide bonds. The van der Waals surface area contributed by atoms with Crippen molar-refractivity contribution >= 4 is 6.09 Å². The molecule has 1 heterocycles. The van der Waals surface area contributed by atoms with Gasteiger partial charge in [0.05, 0.1) is 0 Å². The van der Waals surface area contributed by atoms with Crippen LogP contribution < -0.4 is 4.74 Å². The van der Waals surface area contributed by atoms with Crippen LogP contribution in [0.3, 0.4) is 0 Å². The first kappa shape index (κ1) is 20.8. The molecule has 4 nitrogen and oxygen atoms in total. The van der Waals surface area contributed by atoms with E-state index in [1.54, 1.807) is 0 Å². The first-order chi connectivity index (χ1) is 14.3. The highest BCUT2D eigenvalue weighted by Gasteiger charge is 2.47. The first-order valence-corrected chi connectivity index (χ1v) is 11.1. The van der Waals surface area contributed by atoms with Crippen LogP contribution in [0.4, 0.5) is 4.79 Å². The second-order valence-electron chi connectivity index (χ2n) is 9.92. The highest BCUT2D eigenvalue weighted by Crippen LogP contribution is 2.56. The van der Waals surface area contributed by atoms with Gasteiger partial charge in [-0.15, -0.1) is 0 Å². The van der Waals surface area contributed by atoms with Gasteiger partial charge >= 0.3 is 6.09 Å². The zero-order valence-electron chi connectivity index (χ0n) is 18.4. The summed E-state index contributed by atoms with van der Waals surface area (Å²) in [6, 6.07) is 18.9. The maximum atomic E-state index is 12.3. The lowest BCUT2D eigenvalue weighted by Crippen LogP contribution is -2.49. The van der Waals surface area contributed by atoms with E-state index in [-0.39, 0.29) is 6.09 Å². The lowest BCUT2D eigenvalue weighted by molar-refractivity contribution is -0.0121. The fraction of sp³-hybridized carbons (Fsp3) is 0.500. The number of benzene rings is 2. The van der Waals surface area contributed by atoms with Crippen LogP contribution in [0.15, 0.2) is 54.6 Å². The molecular weight excluding hydrogens is 374 g/mol. The van der Waals surface area contributed by atoms with Gasteiger partial charge in [0.15, 0.2) is 0 Å². The number of hydrogen-bond donors (Lipinski definition) is 0. The van der Waals surface area contributed by atoms with Gasteiger partial charge < -0.3 is 14.4 Å². The smallest absolute Gasteiger partial charge is 0.410 e. The summed E-state index contributed by atoms with van der Waals surface area (Å²) in [4.78, 5) is 14.2. The molecule has 4 rings (SSSR count). The van der Waals surface area contributed by atoms with E-state index < -0.39 is 5.60 Å². The molecule has 2 fully saturated rings. The molecule has 1 aliphatic heterocycles. The summed E-state index contributed by atoms with van der Waals surface area (Å²) in [5.74, 6) is 1.54. The van der Waals surface area contributed by atoms with Crippen molar-refractivity contribution in [3.8, 4) is 5.75 Å². The molecule has 1 spiro atoms. The largest absolute Gasteiger partial charge is 0.489 e. The number of piperidine rings is 1. The average Bonchev–Trinajstić information content (AvgIpc) is 2.70. The number of ether oxygens (including phenoxy) is 2. The van der Waals surface area contributed by atoms with Crippen molar-refractivity contribution in [3.05, 3.63) is 65.7 Å². The number of carbonyl (C=O) groups excluding carboxylic acids is 1. The molecule has 1 saturated heterocycles. The Labute approximate surface area is 180 Å². The second-order valence-corrected chi connectivity index (χ2v) is 9.92. The van der Waals surface area contributed by atoms with Crippen LogP contribution in [-0.4, -0.2) is 29.7 Å². The molecule has 2 aromatic rings. The number of rotatable bonds is 4. The molecule has 0 radical (unpaired) electrons. The van der Waals surface area contributed by atoms with Gasteiger partial charge in [0, 0.05) is 13.1 Å². The predicted octanol–water partition coefficient (Wildman–Crippen LogP) is 6.16. The Morgan fingerprint density at radius 3 is 2.23 bits per heavy atom. The molecule has 4 heteroatoms. The van der Waals surface area contributed by atoms with Crippen LogP contribution in [0.5, 0.6) is 5.75 Å². The second kappa shape index (κ2) is 8.33. The molecule has 1 saturated carbocycles. The molecule has 0 unspecified atom stereocenters. The van der Waals surface area contributed by atoms with Gasteiger partial charge in [0.25, 0.3) is 0 Å². The number of hydrogen-bond acceptors (Lipinski definition) is 3. The summed E-state index contributed by atoms with van der Waals surface area (Å²) < 4.78 is 11.4. The third-order valence-electron chi connectivity index (χ3n) is 6.43. The van der Waals surface area contributed by atoms with E-state index in [1.165, 1.54) is 24.0 Å². The highest BCUT2D eigenvalue weighted by molar-refractivity contribution is 5.68. The van der Waals surface area contributed by atoms with Gasteiger partial charge in [-0.2, -0.15) is 0 Å². The van der Waals surface area contributed by atoms with Crippen LogP contribution in [-0.2, 0) is 11.3 Å². The monoisotopic (exact) mass is 407 g/mol. The maximum absolute atomic E-state index is 12.3. The van der Waals surface area contributed by atoms with Gasteiger partial charge in [-0.3, -0.25) is 0 Å². The number of nitrogens with zero attached hydrogens (tertiary/aromatic N) is 1. The van der Waals surface area contributed by atoms with E-state index in [1.807, 2.05) is 43.9 Å². The van der Waals surface area contributed by atoms with Crippen molar-refractivity contribution in [3.63, 3.8) is 0 Å². The summed E-state index contributed by atoms with van der Waals surface area (Å²) in [7, 11) is 0. The number of amides is 1. The lowest BCUT2D eigenvalue weighted by atomic mass is 9.56. The molecule has 0 N–H and O–H groups in total. The quantitative estimate of drug-likeness (QED) is 0.609. The van der Waals surface area contributed by atoms with Crippen molar-refractivity contribution in [2.45, 2.75) is 64.6 Å². The van der Waals surface area contributed by atoms with E-state index in [9.17, 15) is 4.79 Å². The van der Waals surface area contributed by atoms with Crippen LogP contribution >= 0.6 is 0 Å². The topological polar surface area (TPSA) is 38.8 Å². The van der Waals surface area contributed by atoms with Crippen LogP contribution in [0, 0.1) is 5.41 Å². The van der Waals surface area contributed by atoms with Crippen molar-refractivity contribution in [1.82, 2.24) is 4.90 Å². The SMILES string of the molecule is CC(C)(C)OC(=O)N1CCC2(CC1)CC(c1ccc(OCc3ccccc3)cc1)C2. The van der Waals surface area contributed by atoms with E-state index in [0.29, 0.717) is 17.9 Å². The summed E-state index contributed by atoms with van der Waals surface area (Å²) >= 11 is 0. The summed E-state index contributed by atoms with van der Waals surface area (Å²) in [5, 5.41) is 0. The zero-order chi connectivity index (χ0) is 21.2. The first-order valence-electron chi connectivity index (χ1n) is 11.1. The Bertz CT molecular complexity index is 838. The van der Waals surface area contributed by atoms with Crippen LogP contribution in [0.25, 0.3) is 0 Å². The Kier molecular flexibility index (Phi) is 5.77. The number of carbonyl (C=O) groups is 1. The third-order valence-corrected chi connectivity index (χ3v) is 6.43. The van der Waals surface area contributed by atoms with Crippen molar-refractivity contribution in [2.24, 2.45) is 5.41 Å². The fourth-order valence-electron chi connectivity index (χ4n) is 4.70. The minimum absolute atomic E-state index is 0.167. The van der Waals surface area contributed by atoms with Gasteiger partial charge in [-0.05, 0) is 81.0 Å².